The molecule has 0 saturated carbocycles. The van der Waals surface area contributed by atoms with Crippen LogP contribution in [-0.4, -0.2) is 27.9 Å². The van der Waals surface area contributed by atoms with Gasteiger partial charge < -0.3 is 4.90 Å². The highest BCUT2D eigenvalue weighted by Gasteiger charge is 2.17. The number of halogens is 1. The Bertz CT molecular complexity index is 896. The van der Waals surface area contributed by atoms with E-state index in [0.717, 1.165) is 37.0 Å². The molecule has 130 valence electrons. The van der Waals surface area contributed by atoms with E-state index in [-0.39, 0.29) is 5.82 Å². The molecular weight excluding hydrogens is 315 g/mol. The first-order valence-corrected chi connectivity index (χ1v) is 8.99. The highest BCUT2D eigenvalue weighted by molar-refractivity contribution is 5.75. The Morgan fingerprint density at radius 2 is 2.04 bits per heavy atom. The minimum absolute atomic E-state index is 0.267. The van der Waals surface area contributed by atoms with Crippen LogP contribution >= 0.6 is 0 Å². The van der Waals surface area contributed by atoms with E-state index in [9.17, 15) is 4.39 Å². The molecule has 3 heterocycles. The minimum atomic E-state index is -0.267. The maximum Gasteiger partial charge on any atom is 0.181 e. The first-order valence-electron chi connectivity index (χ1n) is 8.99. The van der Waals surface area contributed by atoms with Crippen molar-refractivity contribution in [3.8, 4) is 5.69 Å². The van der Waals surface area contributed by atoms with Gasteiger partial charge in [0, 0.05) is 36.6 Å². The van der Waals surface area contributed by atoms with E-state index in [1.165, 1.54) is 18.1 Å². The Labute approximate surface area is 147 Å². The molecule has 1 aromatic carbocycles. The zero-order valence-electron chi connectivity index (χ0n) is 14.7. The number of aromatic nitrogens is 3. The Balaban J connectivity index is 1.67. The molecule has 1 fully saturated rings. The SMILES string of the molecule is CC(C)CCc1cnc2nn(-c3cc(N4CCC4)ccc3F)cc2c1. The molecule has 4 rings (SSSR count). The number of aryl methyl sites for hydroxylation is 1. The molecule has 0 unspecified atom stereocenters. The summed E-state index contributed by atoms with van der Waals surface area (Å²) in [7, 11) is 0. The highest BCUT2D eigenvalue weighted by atomic mass is 19.1. The van der Waals surface area contributed by atoms with Crippen molar-refractivity contribution in [1.29, 1.82) is 0 Å². The van der Waals surface area contributed by atoms with Gasteiger partial charge in [-0.2, -0.15) is 0 Å². The molecule has 0 N–H and O–H groups in total. The lowest BCUT2D eigenvalue weighted by atomic mass is 10.0. The summed E-state index contributed by atoms with van der Waals surface area (Å²) in [6.45, 7) is 6.51. The van der Waals surface area contributed by atoms with Gasteiger partial charge in [0.05, 0.1) is 0 Å². The normalized spacial score (nSPS) is 14.3. The van der Waals surface area contributed by atoms with E-state index in [2.05, 4.69) is 34.9 Å². The van der Waals surface area contributed by atoms with E-state index in [1.54, 1.807) is 4.68 Å². The number of anilines is 1. The van der Waals surface area contributed by atoms with Crippen LogP contribution < -0.4 is 4.90 Å². The summed E-state index contributed by atoms with van der Waals surface area (Å²) in [5.41, 5.74) is 3.39. The molecule has 0 radical (unpaired) electrons. The van der Waals surface area contributed by atoms with Crippen LogP contribution in [0.2, 0.25) is 0 Å². The van der Waals surface area contributed by atoms with Gasteiger partial charge >= 0.3 is 0 Å². The summed E-state index contributed by atoms with van der Waals surface area (Å²) in [4.78, 5) is 6.70. The van der Waals surface area contributed by atoms with Crippen LogP contribution in [0.3, 0.4) is 0 Å². The van der Waals surface area contributed by atoms with Crippen LogP contribution in [0.1, 0.15) is 32.3 Å². The molecule has 1 saturated heterocycles. The molecule has 0 spiro atoms. The first kappa shape index (κ1) is 16.1. The van der Waals surface area contributed by atoms with Crippen LogP contribution in [0, 0.1) is 11.7 Å². The smallest absolute Gasteiger partial charge is 0.181 e. The molecular formula is C20H23FN4. The standard InChI is InChI=1S/C20H23FN4/c1-14(2)4-5-15-10-16-13-25(23-20(16)22-12-15)19-11-17(6-7-18(19)21)24-8-3-9-24/h6-7,10-14H,3-5,8-9H2,1-2H3. The second-order valence-electron chi connectivity index (χ2n) is 7.24. The van der Waals surface area contributed by atoms with Gasteiger partial charge in [-0.15, -0.1) is 5.10 Å². The largest absolute Gasteiger partial charge is 0.371 e. The van der Waals surface area contributed by atoms with Crippen LogP contribution in [-0.2, 0) is 6.42 Å². The summed E-state index contributed by atoms with van der Waals surface area (Å²) >= 11 is 0. The molecule has 0 aliphatic carbocycles. The van der Waals surface area contributed by atoms with Gasteiger partial charge in [-0.05, 0) is 55.0 Å². The second-order valence-corrected chi connectivity index (χ2v) is 7.24. The summed E-state index contributed by atoms with van der Waals surface area (Å²) in [5, 5.41) is 5.43. The van der Waals surface area contributed by atoms with E-state index in [1.807, 2.05) is 24.5 Å². The van der Waals surface area contributed by atoms with Crippen molar-refractivity contribution in [2.45, 2.75) is 33.1 Å². The summed E-state index contributed by atoms with van der Waals surface area (Å²) in [6, 6.07) is 7.35. The number of hydrogen-bond donors (Lipinski definition) is 0. The van der Waals surface area contributed by atoms with Gasteiger partial charge in [0.25, 0.3) is 0 Å². The molecule has 3 aromatic rings. The summed E-state index contributed by atoms with van der Waals surface area (Å²) < 4.78 is 16.0. The lowest BCUT2D eigenvalue weighted by molar-refractivity contribution is 0.586. The van der Waals surface area contributed by atoms with Crippen LogP contribution in [0.15, 0.2) is 36.7 Å². The predicted molar refractivity (Wildman–Crippen MR) is 98.8 cm³/mol. The average Bonchev–Trinajstić information content (AvgIpc) is 2.96. The predicted octanol–water partition coefficient (Wildman–Crippen LogP) is 4.36. The summed E-state index contributed by atoms with van der Waals surface area (Å²) in [5.74, 6) is 0.397. The zero-order chi connectivity index (χ0) is 17.4. The fourth-order valence-corrected chi connectivity index (χ4v) is 3.12. The fraction of sp³-hybridized carbons (Fsp3) is 0.400. The van der Waals surface area contributed by atoms with Crippen molar-refractivity contribution in [3.63, 3.8) is 0 Å². The van der Waals surface area contributed by atoms with Gasteiger partial charge in [0.2, 0.25) is 0 Å². The zero-order valence-corrected chi connectivity index (χ0v) is 14.7. The number of benzene rings is 1. The Kier molecular flexibility index (Phi) is 4.15. The Morgan fingerprint density at radius 3 is 2.76 bits per heavy atom. The monoisotopic (exact) mass is 338 g/mol. The molecule has 2 aromatic heterocycles. The molecule has 1 aliphatic rings. The van der Waals surface area contributed by atoms with Gasteiger partial charge in [0.1, 0.15) is 11.5 Å². The topological polar surface area (TPSA) is 34.0 Å². The Morgan fingerprint density at radius 1 is 1.20 bits per heavy atom. The Hall–Kier alpha value is -2.43. The van der Waals surface area contributed by atoms with Crippen molar-refractivity contribution in [2.75, 3.05) is 18.0 Å². The maximum atomic E-state index is 14.4. The van der Waals surface area contributed by atoms with Gasteiger partial charge in [0.15, 0.2) is 5.65 Å². The van der Waals surface area contributed by atoms with Gasteiger partial charge in [-0.1, -0.05) is 13.8 Å². The van der Waals surface area contributed by atoms with Crippen LogP contribution in [0.25, 0.3) is 16.7 Å². The van der Waals surface area contributed by atoms with E-state index in [4.69, 9.17) is 0 Å². The van der Waals surface area contributed by atoms with Crippen molar-refractivity contribution >= 4 is 16.7 Å². The maximum absolute atomic E-state index is 14.4. The lowest BCUT2D eigenvalue weighted by Crippen LogP contribution is -2.37. The van der Waals surface area contributed by atoms with Crippen molar-refractivity contribution < 1.29 is 4.39 Å². The molecule has 4 nitrogen and oxygen atoms in total. The first-order chi connectivity index (χ1) is 12.1. The molecule has 0 atom stereocenters. The second kappa shape index (κ2) is 6.47. The molecule has 0 amide bonds. The summed E-state index contributed by atoms with van der Waals surface area (Å²) in [6.07, 6.45) is 7.09. The number of fused-ring (bicyclic) bond motifs is 1. The number of rotatable bonds is 5. The molecule has 5 heteroatoms. The quantitative estimate of drug-likeness (QED) is 0.693. The fourth-order valence-electron chi connectivity index (χ4n) is 3.12. The lowest BCUT2D eigenvalue weighted by Gasteiger charge is -2.33. The van der Waals surface area contributed by atoms with Crippen molar-refractivity contribution in [3.05, 3.63) is 48.0 Å². The third kappa shape index (κ3) is 3.23. The van der Waals surface area contributed by atoms with Gasteiger partial charge in [-0.25, -0.2) is 14.1 Å². The average molecular weight is 338 g/mol. The van der Waals surface area contributed by atoms with Crippen molar-refractivity contribution in [2.24, 2.45) is 5.92 Å². The highest BCUT2D eigenvalue weighted by Crippen LogP contribution is 2.26. The molecule has 1 aliphatic heterocycles. The molecule has 0 bridgehead atoms. The third-order valence-electron chi connectivity index (χ3n) is 4.82. The van der Waals surface area contributed by atoms with E-state index < -0.39 is 0 Å². The van der Waals surface area contributed by atoms with E-state index >= 15 is 0 Å². The third-order valence-corrected chi connectivity index (χ3v) is 4.82. The van der Waals surface area contributed by atoms with Crippen molar-refractivity contribution in [1.82, 2.24) is 14.8 Å². The van der Waals surface area contributed by atoms with Crippen LogP contribution in [0.5, 0.6) is 0 Å². The van der Waals surface area contributed by atoms with Gasteiger partial charge in [-0.3, -0.25) is 0 Å². The number of nitrogens with zero attached hydrogens (tertiary/aromatic N) is 4. The number of pyridine rings is 1. The van der Waals surface area contributed by atoms with Crippen LogP contribution in [0.4, 0.5) is 10.1 Å². The minimum Gasteiger partial charge on any atom is -0.371 e. The van der Waals surface area contributed by atoms with E-state index in [0.29, 0.717) is 17.3 Å². The molecule has 25 heavy (non-hydrogen) atoms. The number of hydrogen-bond acceptors (Lipinski definition) is 3.